The summed E-state index contributed by atoms with van der Waals surface area (Å²) in [5.41, 5.74) is 1.59. The fourth-order valence-electron chi connectivity index (χ4n) is 4.09. The summed E-state index contributed by atoms with van der Waals surface area (Å²) in [7, 11) is 0. The topological polar surface area (TPSA) is 32.3 Å². The number of rotatable bonds is 2. The lowest BCUT2D eigenvalue weighted by molar-refractivity contribution is -0.132. The van der Waals surface area contributed by atoms with E-state index < -0.39 is 0 Å². The van der Waals surface area contributed by atoms with Crippen molar-refractivity contribution in [2.75, 3.05) is 26.2 Å². The van der Waals surface area contributed by atoms with E-state index in [4.69, 9.17) is 0 Å². The first-order valence-electron chi connectivity index (χ1n) is 8.70. The smallest absolute Gasteiger partial charge is 0.226 e. The highest BCUT2D eigenvalue weighted by Gasteiger charge is 2.37. The van der Waals surface area contributed by atoms with Crippen molar-refractivity contribution in [1.29, 1.82) is 0 Å². The van der Waals surface area contributed by atoms with Crippen molar-refractivity contribution in [3.63, 3.8) is 0 Å². The maximum absolute atomic E-state index is 12.6. The monoisotopic (exact) mass is 308 g/mol. The molecule has 0 aliphatic carbocycles. The highest BCUT2D eigenvalue weighted by Crippen LogP contribution is 2.37. The van der Waals surface area contributed by atoms with E-state index >= 15 is 0 Å². The average Bonchev–Trinajstić information content (AvgIpc) is 3.03. The molecule has 0 unspecified atom stereocenters. The lowest BCUT2D eigenvalue weighted by atomic mass is 9.78. The van der Waals surface area contributed by atoms with Crippen LogP contribution in [0.2, 0.25) is 0 Å². The molecule has 1 spiro atoms. The Balaban J connectivity index is 1.41. The molecular weight excluding hydrogens is 284 g/mol. The molecule has 0 saturated carbocycles. The van der Waals surface area contributed by atoms with Gasteiger partial charge in [0, 0.05) is 19.6 Å². The number of hydrogen-bond donors (Lipinski definition) is 1. The van der Waals surface area contributed by atoms with Gasteiger partial charge in [-0.1, -0.05) is 42.5 Å². The van der Waals surface area contributed by atoms with E-state index in [-0.39, 0.29) is 5.91 Å². The number of piperidine rings is 1. The van der Waals surface area contributed by atoms with Crippen LogP contribution in [-0.4, -0.2) is 37.0 Å². The number of benzene rings is 2. The number of nitrogens with zero attached hydrogens (tertiary/aromatic N) is 1. The van der Waals surface area contributed by atoms with Gasteiger partial charge in [0.15, 0.2) is 0 Å². The molecule has 2 aliphatic heterocycles. The summed E-state index contributed by atoms with van der Waals surface area (Å²) in [6.07, 6.45) is 4.11. The molecule has 4 rings (SSSR count). The van der Waals surface area contributed by atoms with Crippen LogP contribution in [0, 0.1) is 5.41 Å². The van der Waals surface area contributed by atoms with Crippen LogP contribution in [0.15, 0.2) is 42.5 Å². The van der Waals surface area contributed by atoms with Crippen molar-refractivity contribution in [2.24, 2.45) is 5.41 Å². The molecule has 0 aromatic heterocycles. The van der Waals surface area contributed by atoms with E-state index in [1.165, 1.54) is 17.2 Å². The number of carbonyl (C=O) groups excluding carboxylic acids is 1. The minimum absolute atomic E-state index is 0.279. The molecule has 2 aromatic rings. The van der Waals surface area contributed by atoms with Crippen LogP contribution in [0.5, 0.6) is 0 Å². The van der Waals surface area contributed by atoms with Gasteiger partial charge in [0.1, 0.15) is 0 Å². The van der Waals surface area contributed by atoms with Crippen LogP contribution >= 0.6 is 0 Å². The molecule has 2 aliphatic rings. The molecule has 0 atom stereocenters. The number of fused-ring (bicyclic) bond motifs is 1. The van der Waals surface area contributed by atoms with Crippen LogP contribution in [0.1, 0.15) is 24.8 Å². The molecule has 0 bridgehead atoms. The van der Waals surface area contributed by atoms with E-state index in [0.29, 0.717) is 11.8 Å². The molecule has 23 heavy (non-hydrogen) atoms. The molecule has 2 saturated heterocycles. The van der Waals surface area contributed by atoms with Gasteiger partial charge in [0.25, 0.3) is 0 Å². The number of carbonyl (C=O) groups is 1. The lowest BCUT2D eigenvalue weighted by Crippen LogP contribution is -2.44. The van der Waals surface area contributed by atoms with Gasteiger partial charge in [-0.3, -0.25) is 4.79 Å². The molecule has 2 fully saturated rings. The van der Waals surface area contributed by atoms with Gasteiger partial charge >= 0.3 is 0 Å². The number of likely N-dealkylation sites (tertiary alicyclic amines) is 1. The van der Waals surface area contributed by atoms with Crippen LogP contribution in [-0.2, 0) is 11.2 Å². The molecule has 0 radical (unpaired) electrons. The molecule has 2 aromatic carbocycles. The molecule has 120 valence electrons. The Morgan fingerprint density at radius 3 is 2.57 bits per heavy atom. The second-order valence-corrected chi connectivity index (χ2v) is 7.17. The van der Waals surface area contributed by atoms with Crippen LogP contribution in [0.3, 0.4) is 0 Å². The predicted octanol–water partition coefficient (Wildman–Crippen LogP) is 2.98. The van der Waals surface area contributed by atoms with Crippen LogP contribution < -0.4 is 5.32 Å². The fourth-order valence-corrected chi connectivity index (χ4v) is 4.09. The first kappa shape index (κ1) is 14.7. The van der Waals surface area contributed by atoms with E-state index in [1.807, 2.05) is 6.07 Å². The summed E-state index contributed by atoms with van der Waals surface area (Å²) < 4.78 is 0. The van der Waals surface area contributed by atoms with Gasteiger partial charge < -0.3 is 10.2 Å². The molecule has 3 heteroatoms. The summed E-state index contributed by atoms with van der Waals surface area (Å²) in [6, 6.07) is 14.7. The second-order valence-electron chi connectivity index (χ2n) is 7.17. The van der Waals surface area contributed by atoms with Gasteiger partial charge in [0.05, 0.1) is 6.42 Å². The first-order valence-corrected chi connectivity index (χ1v) is 8.70. The lowest BCUT2D eigenvalue weighted by Gasteiger charge is -2.39. The third kappa shape index (κ3) is 2.98. The molecule has 3 nitrogen and oxygen atoms in total. The number of hydrogen-bond acceptors (Lipinski definition) is 2. The number of amides is 1. The zero-order valence-electron chi connectivity index (χ0n) is 13.6. The minimum Gasteiger partial charge on any atom is -0.342 e. The third-order valence-electron chi connectivity index (χ3n) is 5.68. The number of nitrogens with one attached hydrogen (secondary N) is 1. The molecule has 1 amide bonds. The normalized spacial score (nSPS) is 20.3. The van der Waals surface area contributed by atoms with Gasteiger partial charge in [-0.25, -0.2) is 0 Å². The zero-order valence-corrected chi connectivity index (χ0v) is 13.6. The Bertz CT molecular complexity index is 708. The summed E-state index contributed by atoms with van der Waals surface area (Å²) in [4.78, 5) is 14.7. The van der Waals surface area contributed by atoms with Crippen LogP contribution in [0.25, 0.3) is 10.8 Å². The fraction of sp³-hybridized carbons (Fsp3) is 0.450. The molecule has 2 heterocycles. The van der Waals surface area contributed by atoms with Gasteiger partial charge in [-0.15, -0.1) is 0 Å². The van der Waals surface area contributed by atoms with Crippen molar-refractivity contribution < 1.29 is 4.79 Å². The second kappa shape index (κ2) is 5.97. The maximum Gasteiger partial charge on any atom is 0.226 e. The van der Waals surface area contributed by atoms with Crippen molar-refractivity contribution in [3.05, 3.63) is 48.0 Å². The minimum atomic E-state index is 0.279. The summed E-state index contributed by atoms with van der Waals surface area (Å²) in [5.74, 6) is 0.279. The first-order chi connectivity index (χ1) is 11.2. The van der Waals surface area contributed by atoms with E-state index in [2.05, 4.69) is 46.6 Å². The SMILES string of the molecule is O=C(Cc1ccc2ccccc2c1)N1CCC2(CCNC2)CC1. The highest BCUT2D eigenvalue weighted by molar-refractivity contribution is 5.85. The average molecular weight is 308 g/mol. The zero-order chi connectivity index (χ0) is 15.7. The summed E-state index contributed by atoms with van der Waals surface area (Å²) >= 11 is 0. The van der Waals surface area contributed by atoms with Gasteiger partial charge in [-0.05, 0) is 47.6 Å². The Hall–Kier alpha value is -1.87. The molecular formula is C20H24N2O. The van der Waals surface area contributed by atoms with Crippen molar-refractivity contribution in [2.45, 2.75) is 25.7 Å². The Morgan fingerprint density at radius 1 is 1.04 bits per heavy atom. The van der Waals surface area contributed by atoms with Crippen molar-refractivity contribution in [3.8, 4) is 0 Å². The Labute approximate surface area is 137 Å². The van der Waals surface area contributed by atoms with Crippen molar-refractivity contribution in [1.82, 2.24) is 10.2 Å². The highest BCUT2D eigenvalue weighted by atomic mass is 16.2. The maximum atomic E-state index is 12.6. The van der Waals surface area contributed by atoms with E-state index in [1.54, 1.807) is 0 Å². The Kier molecular flexibility index (Phi) is 3.82. The quantitative estimate of drug-likeness (QED) is 0.925. The molecule has 1 N–H and O–H groups in total. The van der Waals surface area contributed by atoms with E-state index in [0.717, 1.165) is 44.6 Å². The summed E-state index contributed by atoms with van der Waals surface area (Å²) in [6.45, 7) is 4.13. The predicted molar refractivity (Wildman–Crippen MR) is 93.4 cm³/mol. The Morgan fingerprint density at radius 2 is 1.83 bits per heavy atom. The van der Waals surface area contributed by atoms with Gasteiger partial charge in [0.2, 0.25) is 5.91 Å². The van der Waals surface area contributed by atoms with Crippen LogP contribution in [0.4, 0.5) is 0 Å². The third-order valence-corrected chi connectivity index (χ3v) is 5.68. The largest absolute Gasteiger partial charge is 0.342 e. The summed E-state index contributed by atoms with van der Waals surface area (Å²) in [5, 5.41) is 5.93. The van der Waals surface area contributed by atoms with E-state index in [9.17, 15) is 4.79 Å². The standard InChI is InChI=1S/C20H24N2O/c23-19(22-11-8-20(9-12-22)7-10-21-15-20)14-16-5-6-17-3-1-2-4-18(17)13-16/h1-6,13,21H,7-12,14-15H2. The van der Waals surface area contributed by atoms with Crippen molar-refractivity contribution >= 4 is 16.7 Å². The van der Waals surface area contributed by atoms with Gasteiger partial charge in [-0.2, -0.15) is 0 Å².